The van der Waals surface area contributed by atoms with E-state index in [0.29, 0.717) is 0 Å². The van der Waals surface area contributed by atoms with Gasteiger partial charge in [-0.25, -0.2) is 0 Å². The lowest BCUT2D eigenvalue weighted by Crippen LogP contribution is -1.86. The molecule has 1 aromatic heterocycles. The lowest BCUT2D eigenvalue weighted by Gasteiger charge is -1.99. The van der Waals surface area contributed by atoms with Crippen molar-refractivity contribution in [1.82, 2.24) is 4.98 Å². The maximum absolute atomic E-state index is 4.11. The van der Waals surface area contributed by atoms with Gasteiger partial charge in [0.25, 0.3) is 0 Å². The molecule has 1 atom stereocenters. The average molecular weight is 138 g/mol. The van der Waals surface area contributed by atoms with Gasteiger partial charge in [0.2, 0.25) is 0 Å². The van der Waals surface area contributed by atoms with Crippen LogP contribution in [0.4, 0.5) is 0 Å². The van der Waals surface area contributed by atoms with E-state index in [4.69, 9.17) is 0 Å². The fourth-order valence-electron chi connectivity index (χ4n) is 0.573. The molecule has 0 amide bonds. The van der Waals surface area contributed by atoms with Gasteiger partial charge >= 0.3 is 0 Å². The highest BCUT2D eigenvalue weighted by atomic mass is 32.1. The van der Waals surface area contributed by atoms with Gasteiger partial charge in [0.1, 0.15) is 0 Å². The van der Waals surface area contributed by atoms with Crippen LogP contribution < -0.4 is 0 Å². The van der Waals surface area contributed by atoms with Crippen LogP contribution in [-0.2, 0) is 0 Å². The molecule has 1 heterocycles. The second kappa shape index (κ2) is 2.87. The van der Waals surface area contributed by atoms with E-state index in [2.05, 4.69) is 24.5 Å². The molecule has 0 aliphatic carbocycles. The molecule has 0 bridgehead atoms. The first kappa shape index (κ1) is 6.62. The average Bonchev–Trinajstić information content (AvgIpc) is 1.90. The molecule has 1 radical (unpaired) electrons. The second-order valence-electron chi connectivity index (χ2n) is 1.77. The predicted molar refractivity (Wildman–Crippen MR) is 41.3 cm³/mol. The van der Waals surface area contributed by atoms with Gasteiger partial charge in [0.15, 0.2) is 0 Å². The van der Waals surface area contributed by atoms with Crippen molar-refractivity contribution in [3.05, 3.63) is 37.0 Å². The molecule has 0 aliphatic rings. The van der Waals surface area contributed by atoms with Crippen LogP contribution in [0.3, 0.4) is 0 Å². The minimum atomic E-state index is -0.00815. The second-order valence-corrected chi connectivity index (χ2v) is 2.39. The summed E-state index contributed by atoms with van der Waals surface area (Å²) in [5, 5.41) is -0.00815. The van der Waals surface area contributed by atoms with Crippen LogP contribution in [0.15, 0.2) is 24.4 Å². The van der Waals surface area contributed by atoms with Gasteiger partial charge in [-0.05, 0) is 19.1 Å². The number of thiol groups is 1. The molecule has 0 saturated carbocycles. The first-order valence-corrected chi connectivity index (χ1v) is 3.24. The standard InChI is InChI=1S/C7H8NS/c1-6(9)7-4-2-3-5-8-7/h2-6,9H,1H2. The van der Waals surface area contributed by atoms with E-state index in [0.717, 1.165) is 5.69 Å². The van der Waals surface area contributed by atoms with E-state index >= 15 is 0 Å². The van der Waals surface area contributed by atoms with Crippen LogP contribution in [-0.4, -0.2) is 4.98 Å². The van der Waals surface area contributed by atoms with Gasteiger partial charge in [-0.3, -0.25) is 4.98 Å². The molecule has 9 heavy (non-hydrogen) atoms. The highest BCUT2D eigenvalue weighted by Gasteiger charge is 1.96. The lowest BCUT2D eigenvalue weighted by molar-refractivity contribution is 1.09. The van der Waals surface area contributed by atoms with Crippen molar-refractivity contribution in [3.8, 4) is 0 Å². The van der Waals surface area contributed by atoms with Crippen molar-refractivity contribution in [2.45, 2.75) is 5.25 Å². The zero-order valence-corrected chi connectivity index (χ0v) is 5.88. The number of pyridine rings is 1. The third-order valence-corrected chi connectivity index (χ3v) is 1.29. The van der Waals surface area contributed by atoms with Gasteiger partial charge < -0.3 is 0 Å². The smallest absolute Gasteiger partial charge is 0.0530 e. The minimum absolute atomic E-state index is 0.00815. The Balaban J connectivity index is 2.85. The van der Waals surface area contributed by atoms with Crippen LogP contribution >= 0.6 is 12.6 Å². The van der Waals surface area contributed by atoms with E-state index < -0.39 is 0 Å². The summed E-state index contributed by atoms with van der Waals surface area (Å²) in [4.78, 5) is 4.04. The quantitative estimate of drug-likeness (QED) is 0.585. The SMILES string of the molecule is [CH2]C(S)c1ccccn1. The molecule has 0 fully saturated rings. The van der Waals surface area contributed by atoms with Crippen LogP contribution in [0.5, 0.6) is 0 Å². The molecule has 47 valence electrons. The van der Waals surface area contributed by atoms with E-state index in [1.165, 1.54) is 0 Å². The topological polar surface area (TPSA) is 12.9 Å². The predicted octanol–water partition coefficient (Wildman–Crippen LogP) is 1.89. The van der Waals surface area contributed by atoms with Crippen molar-refractivity contribution in [2.75, 3.05) is 0 Å². The van der Waals surface area contributed by atoms with Gasteiger partial charge in [-0.15, -0.1) is 0 Å². The van der Waals surface area contributed by atoms with Crippen molar-refractivity contribution in [1.29, 1.82) is 0 Å². The van der Waals surface area contributed by atoms with Crippen LogP contribution in [0.1, 0.15) is 10.9 Å². The van der Waals surface area contributed by atoms with Gasteiger partial charge in [0.05, 0.1) is 5.69 Å². The highest BCUT2D eigenvalue weighted by Crippen LogP contribution is 2.13. The first-order chi connectivity index (χ1) is 4.30. The monoisotopic (exact) mass is 138 g/mol. The van der Waals surface area contributed by atoms with E-state index in [9.17, 15) is 0 Å². The Morgan fingerprint density at radius 3 is 2.67 bits per heavy atom. The zero-order chi connectivity index (χ0) is 6.69. The maximum Gasteiger partial charge on any atom is 0.0530 e. The number of hydrogen-bond acceptors (Lipinski definition) is 2. The maximum atomic E-state index is 4.11. The van der Waals surface area contributed by atoms with Crippen LogP contribution in [0, 0.1) is 6.92 Å². The molecule has 1 unspecified atom stereocenters. The molecular formula is C7H8NS. The van der Waals surface area contributed by atoms with Crippen molar-refractivity contribution < 1.29 is 0 Å². The van der Waals surface area contributed by atoms with Crippen molar-refractivity contribution in [2.24, 2.45) is 0 Å². The van der Waals surface area contributed by atoms with Crippen LogP contribution in [0.2, 0.25) is 0 Å². The summed E-state index contributed by atoms with van der Waals surface area (Å²) < 4.78 is 0. The Morgan fingerprint density at radius 2 is 2.33 bits per heavy atom. The Hall–Kier alpha value is -0.500. The van der Waals surface area contributed by atoms with E-state index in [1.54, 1.807) is 6.20 Å². The summed E-state index contributed by atoms with van der Waals surface area (Å²) in [5.74, 6) is 0. The number of aromatic nitrogens is 1. The molecule has 1 rings (SSSR count). The Bertz CT molecular complexity index is 172. The molecule has 0 spiro atoms. The van der Waals surface area contributed by atoms with Crippen LogP contribution in [0.25, 0.3) is 0 Å². The normalized spacial score (nSPS) is 13.1. The third-order valence-electron chi connectivity index (χ3n) is 1.03. The van der Waals surface area contributed by atoms with Gasteiger partial charge in [-0.2, -0.15) is 12.6 Å². The summed E-state index contributed by atoms with van der Waals surface area (Å²) in [5.41, 5.74) is 0.917. The molecule has 2 heteroatoms. The van der Waals surface area contributed by atoms with Gasteiger partial charge in [0, 0.05) is 11.4 Å². The lowest BCUT2D eigenvalue weighted by atomic mass is 10.3. The van der Waals surface area contributed by atoms with Crippen molar-refractivity contribution >= 4 is 12.6 Å². The summed E-state index contributed by atoms with van der Waals surface area (Å²) in [7, 11) is 0. The fraction of sp³-hybridized carbons (Fsp3) is 0.143. The summed E-state index contributed by atoms with van der Waals surface area (Å²) in [6.07, 6.45) is 1.74. The largest absolute Gasteiger partial charge is 0.260 e. The Labute approximate surface area is 60.5 Å². The van der Waals surface area contributed by atoms with E-state index in [-0.39, 0.29) is 5.25 Å². The van der Waals surface area contributed by atoms with E-state index in [1.807, 2.05) is 18.2 Å². The third kappa shape index (κ3) is 1.72. The minimum Gasteiger partial charge on any atom is -0.260 e. The number of rotatable bonds is 1. The Morgan fingerprint density at radius 1 is 1.56 bits per heavy atom. The highest BCUT2D eigenvalue weighted by molar-refractivity contribution is 7.80. The molecule has 0 aromatic carbocycles. The molecule has 0 saturated heterocycles. The zero-order valence-electron chi connectivity index (χ0n) is 4.99. The molecule has 0 aliphatic heterocycles. The number of nitrogens with zero attached hydrogens (tertiary/aromatic N) is 1. The summed E-state index contributed by atoms with van der Waals surface area (Å²) >= 11 is 4.11. The fourth-order valence-corrected chi connectivity index (χ4v) is 0.726. The molecule has 1 aromatic rings. The molecule has 0 N–H and O–H groups in total. The Kier molecular flexibility index (Phi) is 2.11. The summed E-state index contributed by atoms with van der Waals surface area (Å²) in [6, 6.07) is 5.71. The van der Waals surface area contributed by atoms with Gasteiger partial charge in [-0.1, -0.05) is 6.07 Å². The first-order valence-electron chi connectivity index (χ1n) is 2.73. The molecular weight excluding hydrogens is 130 g/mol. The summed E-state index contributed by atoms with van der Waals surface area (Å²) in [6.45, 7) is 3.71. The van der Waals surface area contributed by atoms with Crippen molar-refractivity contribution in [3.63, 3.8) is 0 Å². The molecule has 1 nitrogen and oxygen atoms in total. The number of hydrogen-bond donors (Lipinski definition) is 1.